The van der Waals surface area contributed by atoms with E-state index >= 15 is 0 Å². The zero-order valence-electron chi connectivity index (χ0n) is 8.91. The van der Waals surface area contributed by atoms with E-state index in [1.165, 1.54) is 29.2 Å². The summed E-state index contributed by atoms with van der Waals surface area (Å²) in [5, 5.41) is -0.361. The highest BCUT2D eigenvalue weighted by atomic mass is 35.5. The fraction of sp³-hybridized carbons (Fsp3) is 0.0714. The molecule has 6 rings (SSSR count). The molecule has 0 aliphatic heterocycles. The Morgan fingerprint density at radius 3 is 1.00 bits per heavy atom. The summed E-state index contributed by atoms with van der Waals surface area (Å²) in [6.45, 7) is 1.29. The Kier molecular flexibility index (Phi) is 3.07. The van der Waals surface area contributed by atoms with Crippen molar-refractivity contribution in [3.05, 3.63) is 48.5 Å². The third-order valence-electron chi connectivity index (χ3n) is 2.44. The lowest BCUT2D eigenvalue weighted by molar-refractivity contribution is -0.109. The number of carbonyl (C=O) groups excluding carboxylic acids is 1. The van der Waals surface area contributed by atoms with Crippen LogP contribution in [0.3, 0.4) is 0 Å². The summed E-state index contributed by atoms with van der Waals surface area (Å²) in [4.78, 5) is 9.21. The first kappa shape index (κ1) is 10.9. The maximum atomic E-state index is 9.21. The molecule has 4 bridgehead atoms. The highest BCUT2D eigenvalue weighted by Crippen LogP contribution is 2.30. The topological polar surface area (TPSA) is 17.1 Å². The molecule has 0 amide bonds. The van der Waals surface area contributed by atoms with Crippen molar-refractivity contribution in [3.8, 4) is 22.3 Å². The van der Waals surface area contributed by atoms with Crippen molar-refractivity contribution in [2.45, 2.75) is 6.92 Å². The van der Waals surface area contributed by atoms with Gasteiger partial charge in [0.1, 0.15) is 0 Å². The second kappa shape index (κ2) is 4.50. The first-order valence-corrected chi connectivity index (χ1v) is 5.41. The van der Waals surface area contributed by atoms with Crippen LogP contribution >= 0.6 is 11.6 Å². The van der Waals surface area contributed by atoms with Gasteiger partial charge in [-0.25, -0.2) is 0 Å². The first-order valence-electron chi connectivity index (χ1n) is 5.04. The van der Waals surface area contributed by atoms with Crippen LogP contribution in [0, 0.1) is 0 Å². The molecule has 16 heavy (non-hydrogen) atoms. The molecule has 0 saturated carbocycles. The summed E-state index contributed by atoms with van der Waals surface area (Å²) < 4.78 is 0. The standard InChI is InChI=1S/C12H8.C2H3ClO/c1-2-10-4-3-9(1)11-5-7-12(10)8-6-11;1-2(3)4/h1-8H;1H3. The van der Waals surface area contributed by atoms with E-state index in [9.17, 15) is 4.79 Å². The molecule has 2 aromatic rings. The van der Waals surface area contributed by atoms with Gasteiger partial charge in [0.2, 0.25) is 5.24 Å². The number of halogens is 1. The molecule has 2 aromatic carbocycles. The van der Waals surface area contributed by atoms with Crippen LogP contribution in [0.1, 0.15) is 6.92 Å². The average Bonchev–Trinajstić information content (AvgIpc) is 2.24. The van der Waals surface area contributed by atoms with Gasteiger partial charge in [0.25, 0.3) is 0 Å². The Hall–Kier alpha value is -1.60. The van der Waals surface area contributed by atoms with Crippen LogP contribution in [-0.4, -0.2) is 5.24 Å². The Balaban J connectivity index is 0.000000212. The van der Waals surface area contributed by atoms with Gasteiger partial charge < -0.3 is 0 Å². The van der Waals surface area contributed by atoms with Crippen molar-refractivity contribution < 1.29 is 4.79 Å². The average molecular weight is 231 g/mol. The zero-order valence-corrected chi connectivity index (χ0v) is 9.66. The molecule has 0 aromatic heterocycles. The third-order valence-corrected chi connectivity index (χ3v) is 2.44. The van der Waals surface area contributed by atoms with Crippen LogP contribution in [0.5, 0.6) is 0 Å². The van der Waals surface area contributed by atoms with Crippen LogP contribution in [0.25, 0.3) is 22.3 Å². The molecule has 0 N–H and O–H groups in total. The molecule has 1 nitrogen and oxygen atoms in total. The molecule has 4 aliphatic carbocycles. The molecule has 0 heterocycles. The highest BCUT2D eigenvalue weighted by molar-refractivity contribution is 6.62. The lowest BCUT2D eigenvalue weighted by Gasteiger charge is -2.10. The van der Waals surface area contributed by atoms with E-state index in [4.69, 9.17) is 0 Å². The molecule has 2 heteroatoms. The maximum Gasteiger partial charge on any atom is 0.218 e. The van der Waals surface area contributed by atoms with Crippen molar-refractivity contribution in [3.63, 3.8) is 0 Å². The molecule has 0 radical (unpaired) electrons. The fourth-order valence-electron chi connectivity index (χ4n) is 1.71. The Morgan fingerprint density at radius 2 is 0.875 bits per heavy atom. The lowest BCUT2D eigenvalue weighted by atomic mass is 9.95. The monoisotopic (exact) mass is 230 g/mol. The minimum Gasteiger partial charge on any atom is -0.282 e. The van der Waals surface area contributed by atoms with Gasteiger partial charge in [0.15, 0.2) is 0 Å². The quantitative estimate of drug-likeness (QED) is 0.532. The van der Waals surface area contributed by atoms with Gasteiger partial charge in [-0.15, -0.1) is 0 Å². The van der Waals surface area contributed by atoms with E-state index in [0.717, 1.165) is 0 Å². The molecule has 0 atom stereocenters. The second-order valence-electron chi connectivity index (χ2n) is 3.62. The molecule has 0 fully saturated rings. The van der Waals surface area contributed by atoms with E-state index in [1.807, 2.05) is 0 Å². The smallest absolute Gasteiger partial charge is 0.218 e. The maximum absolute atomic E-state index is 9.21. The summed E-state index contributed by atoms with van der Waals surface area (Å²) in [6.07, 6.45) is 0. The van der Waals surface area contributed by atoms with Crippen LogP contribution < -0.4 is 0 Å². The molecule has 0 saturated heterocycles. The molecule has 0 unspecified atom stereocenters. The van der Waals surface area contributed by atoms with Crippen LogP contribution in [0.2, 0.25) is 0 Å². The van der Waals surface area contributed by atoms with Crippen LogP contribution in [0.4, 0.5) is 0 Å². The van der Waals surface area contributed by atoms with Crippen molar-refractivity contribution >= 4 is 16.8 Å². The van der Waals surface area contributed by atoms with E-state index in [2.05, 4.69) is 60.1 Å². The number of carbonyl (C=O) groups is 1. The molecular formula is C14H11ClO. The molecule has 0 spiro atoms. The largest absolute Gasteiger partial charge is 0.282 e. The fourth-order valence-corrected chi connectivity index (χ4v) is 1.71. The number of rotatable bonds is 0. The normalized spacial score (nSPS) is 10.1. The zero-order chi connectivity index (χ0) is 11.5. The van der Waals surface area contributed by atoms with E-state index < -0.39 is 0 Å². The SMILES string of the molecule is CC(=O)Cl.c1cc2ccc1-c1ccc-2cc1. The van der Waals surface area contributed by atoms with Gasteiger partial charge in [-0.05, 0) is 33.9 Å². The van der Waals surface area contributed by atoms with Crippen molar-refractivity contribution in [1.29, 1.82) is 0 Å². The van der Waals surface area contributed by atoms with Crippen molar-refractivity contribution in [2.24, 2.45) is 0 Å². The summed E-state index contributed by atoms with van der Waals surface area (Å²) in [5.41, 5.74) is 5.24. The van der Waals surface area contributed by atoms with Crippen LogP contribution in [0.15, 0.2) is 48.5 Å². The third kappa shape index (κ3) is 2.31. The molecular weight excluding hydrogens is 220 g/mol. The van der Waals surface area contributed by atoms with Crippen molar-refractivity contribution in [2.75, 3.05) is 0 Å². The summed E-state index contributed by atoms with van der Waals surface area (Å²) in [6, 6.07) is 17.4. The predicted octanol–water partition coefficient (Wildman–Crippen LogP) is 4.11. The van der Waals surface area contributed by atoms with Gasteiger partial charge in [0, 0.05) is 6.92 Å². The summed E-state index contributed by atoms with van der Waals surface area (Å²) in [5.74, 6) is 0. The number of hydrogen-bond acceptors (Lipinski definition) is 1. The van der Waals surface area contributed by atoms with Crippen molar-refractivity contribution in [1.82, 2.24) is 0 Å². The molecule has 4 aliphatic rings. The second-order valence-corrected chi connectivity index (χ2v) is 4.16. The van der Waals surface area contributed by atoms with E-state index in [-0.39, 0.29) is 5.24 Å². The van der Waals surface area contributed by atoms with Gasteiger partial charge >= 0.3 is 0 Å². The van der Waals surface area contributed by atoms with Gasteiger partial charge in [-0.3, -0.25) is 4.79 Å². The number of hydrogen-bond donors (Lipinski definition) is 0. The highest BCUT2D eigenvalue weighted by Gasteiger charge is 2.04. The van der Waals surface area contributed by atoms with E-state index in [0.29, 0.717) is 0 Å². The summed E-state index contributed by atoms with van der Waals surface area (Å²) >= 11 is 4.64. The Morgan fingerprint density at radius 1 is 0.750 bits per heavy atom. The Bertz CT molecular complexity index is 408. The molecule has 80 valence electrons. The lowest BCUT2D eigenvalue weighted by Crippen LogP contribution is -1.85. The minimum atomic E-state index is -0.361. The van der Waals surface area contributed by atoms with E-state index in [1.54, 1.807) is 0 Å². The first-order chi connectivity index (χ1) is 7.66. The van der Waals surface area contributed by atoms with Crippen LogP contribution in [-0.2, 0) is 4.79 Å². The van der Waals surface area contributed by atoms with Gasteiger partial charge in [-0.2, -0.15) is 0 Å². The minimum absolute atomic E-state index is 0.361. The summed E-state index contributed by atoms with van der Waals surface area (Å²) in [7, 11) is 0. The predicted molar refractivity (Wildman–Crippen MR) is 67.4 cm³/mol. The number of benzene rings is 2. The van der Waals surface area contributed by atoms with Gasteiger partial charge in [0.05, 0.1) is 0 Å². The van der Waals surface area contributed by atoms with Gasteiger partial charge in [-0.1, -0.05) is 48.5 Å². The Labute approximate surface area is 99.7 Å².